The van der Waals surface area contributed by atoms with Crippen LogP contribution in [0.5, 0.6) is 11.5 Å². The summed E-state index contributed by atoms with van der Waals surface area (Å²) in [5.41, 5.74) is -0.0404. The van der Waals surface area contributed by atoms with Crippen LogP contribution in [-0.2, 0) is 0 Å². The largest absolute Gasteiger partial charge is 0.465 e. The lowest BCUT2D eigenvalue weighted by molar-refractivity contribution is 0.0447. The van der Waals surface area contributed by atoms with E-state index in [1.807, 2.05) is 0 Å². The molecule has 1 aromatic carbocycles. The first-order valence-electron chi connectivity index (χ1n) is 6.38. The second-order valence-corrected chi connectivity index (χ2v) is 5.60. The molecule has 20 heavy (non-hydrogen) atoms. The van der Waals surface area contributed by atoms with Crippen molar-refractivity contribution in [2.45, 2.75) is 32.4 Å². The Labute approximate surface area is 117 Å². The lowest BCUT2D eigenvalue weighted by Crippen LogP contribution is -2.48. The fourth-order valence-corrected chi connectivity index (χ4v) is 2.42. The summed E-state index contributed by atoms with van der Waals surface area (Å²) in [6.07, 6.45) is -1.09. The Morgan fingerprint density at radius 1 is 1.40 bits per heavy atom. The molecule has 0 saturated heterocycles. The SMILES string of the molecule is CC(C)(C)N(C(=O)O)C(CO)c1cccc2c1OCO2. The zero-order valence-electron chi connectivity index (χ0n) is 11.8. The summed E-state index contributed by atoms with van der Waals surface area (Å²) < 4.78 is 10.7. The highest BCUT2D eigenvalue weighted by Gasteiger charge is 2.36. The maximum atomic E-state index is 11.6. The van der Waals surface area contributed by atoms with E-state index in [-0.39, 0.29) is 13.4 Å². The van der Waals surface area contributed by atoms with E-state index in [9.17, 15) is 15.0 Å². The molecule has 1 amide bonds. The summed E-state index contributed by atoms with van der Waals surface area (Å²) in [6.45, 7) is 5.12. The maximum Gasteiger partial charge on any atom is 0.408 e. The molecule has 0 aromatic heterocycles. The van der Waals surface area contributed by atoms with Crippen LogP contribution in [0.1, 0.15) is 32.4 Å². The van der Waals surface area contributed by atoms with E-state index in [0.29, 0.717) is 17.1 Å². The van der Waals surface area contributed by atoms with E-state index < -0.39 is 17.7 Å². The van der Waals surface area contributed by atoms with Crippen LogP contribution in [0.3, 0.4) is 0 Å². The Morgan fingerprint density at radius 3 is 2.65 bits per heavy atom. The average Bonchev–Trinajstić information content (AvgIpc) is 2.81. The second kappa shape index (κ2) is 5.20. The molecule has 0 radical (unpaired) electrons. The number of hydrogen-bond donors (Lipinski definition) is 2. The predicted octanol–water partition coefficient (Wildman–Crippen LogP) is 2.23. The molecule has 2 N–H and O–H groups in total. The summed E-state index contributed by atoms with van der Waals surface area (Å²) in [4.78, 5) is 12.8. The van der Waals surface area contributed by atoms with Gasteiger partial charge in [0.05, 0.1) is 12.6 Å². The number of ether oxygens (including phenoxy) is 2. The van der Waals surface area contributed by atoms with Crippen LogP contribution in [0.15, 0.2) is 18.2 Å². The Morgan fingerprint density at radius 2 is 2.10 bits per heavy atom. The van der Waals surface area contributed by atoms with Crippen LogP contribution >= 0.6 is 0 Å². The van der Waals surface area contributed by atoms with Crippen LogP contribution in [0.2, 0.25) is 0 Å². The standard InChI is InChI=1S/C14H19NO5/c1-14(2,3)15(13(17)18)10(7-16)9-5-4-6-11-12(9)20-8-19-11/h4-6,10,16H,7-8H2,1-3H3,(H,17,18). The molecule has 6 heteroatoms. The number of aliphatic hydroxyl groups excluding tert-OH is 1. The highest BCUT2D eigenvalue weighted by atomic mass is 16.7. The van der Waals surface area contributed by atoms with E-state index in [0.717, 1.165) is 0 Å². The second-order valence-electron chi connectivity index (χ2n) is 5.60. The molecule has 0 aliphatic carbocycles. The third-order valence-electron chi connectivity index (χ3n) is 3.20. The van der Waals surface area contributed by atoms with Crippen molar-refractivity contribution < 1.29 is 24.5 Å². The number of rotatable bonds is 3. The number of hydrogen-bond acceptors (Lipinski definition) is 4. The van der Waals surface area contributed by atoms with Crippen LogP contribution < -0.4 is 9.47 Å². The molecule has 0 bridgehead atoms. The van der Waals surface area contributed by atoms with Gasteiger partial charge in [0.1, 0.15) is 0 Å². The van der Waals surface area contributed by atoms with Crippen molar-refractivity contribution in [3.05, 3.63) is 23.8 Å². The van der Waals surface area contributed by atoms with Gasteiger partial charge in [0.15, 0.2) is 11.5 Å². The Kier molecular flexibility index (Phi) is 3.76. The number of nitrogens with zero attached hydrogens (tertiary/aromatic N) is 1. The van der Waals surface area contributed by atoms with Crippen molar-refractivity contribution in [1.29, 1.82) is 0 Å². The van der Waals surface area contributed by atoms with Crippen molar-refractivity contribution >= 4 is 6.09 Å². The summed E-state index contributed by atoms with van der Waals surface area (Å²) in [5, 5.41) is 19.2. The van der Waals surface area contributed by atoms with Gasteiger partial charge in [-0.3, -0.25) is 4.90 Å². The number of carbonyl (C=O) groups is 1. The third-order valence-corrected chi connectivity index (χ3v) is 3.20. The Hall–Kier alpha value is -1.95. The summed E-state index contributed by atoms with van der Waals surface area (Å²) in [5.74, 6) is 1.07. The lowest BCUT2D eigenvalue weighted by atomic mass is 9.98. The number of carboxylic acid groups (broad SMARTS) is 1. The molecule has 110 valence electrons. The molecular formula is C14H19NO5. The zero-order chi connectivity index (χ0) is 14.9. The quantitative estimate of drug-likeness (QED) is 0.888. The zero-order valence-corrected chi connectivity index (χ0v) is 11.8. The first kappa shape index (κ1) is 14.5. The van der Waals surface area contributed by atoms with Crippen molar-refractivity contribution in [2.75, 3.05) is 13.4 Å². The topological polar surface area (TPSA) is 79.2 Å². The molecule has 1 aromatic rings. The molecule has 0 saturated carbocycles. The molecule has 0 fully saturated rings. The minimum absolute atomic E-state index is 0.104. The van der Waals surface area contributed by atoms with Gasteiger partial charge in [-0.1, -0.05) is 12.1 Å². The molecule has 0 spiro atoms. The van der Waals surface area contributed by atoms with Gasteiger partial charge in [-0.2, -0.15) is 0 Å². The van der Waals surface area contributed by atoms with E-state index in [4.69, 9.17) is 9.47 Å². The van der Waals surface area contributed by atoms with Gasteiger partial charge < -0.3 is 19.7 Å². The van der Waals surface area contributed by atoms with Gasteiger partial charge in [-0.05, 0) is 26.8 Å². The van der Waals surface area contributed by atoms with Crippen LogP contribution in [0.25, 0.3) is 0 Å². The molecule has 1 atom stereocenters. The van der Waals surface area contributed by atoms with Gasteiger partial charge in [0.2, 0.25) is 6.79 Å². The monoisotopic (exact) mass is 281 g/mol. The normalized spacial score (nSPS) is 15.0. The van der Waals surface area contributed by atoms with E-state index in [1.54, 1.807) is 39.0 Å². The fraction of sp³-hybridized carbons (Fsp3) is 0.500. The molecule has 1 aliphatic rings. The third kappa shape index (κ3) is 2.51. The number of fused-ring (bicyclic) bond motifs is 1. The minimum atomic E-state index is -1.09. The fourth-order valence-electron chi connectivity index (χ4n) is 2.42. The Balaban J connectivity index is 2.47. The average molecular weight is 281 g/mol. The molecule has 1 heterocycles. The molecule has 1 aliphatic heterocycles. The van der Waals surface area contributed by atoms with Gasteiger partial charge in [0.25, 0.3) is 0 Å². The highest BCUT2D eigenvalue weighted by molar-refractivity contribution is 5.67. The van der Waals surface area contributed by atoms with Gasteiger partial charge in [0, 0.05) is 11.1 Å². The first-order valence-corrected chi connectivity index (χ1v) is 6.38. The predicted molar refractivity (Wildman–Crippen MR) is 72.0 cm³/mol. The minimum Gasteiger partial charge on any atom is -0.465 e. The van der Waals surface area contributed by atoms with Gasteiger partial charge in [-0.25, -0.2) is 4.79 Å². The van der Waals surface area contributed by atoms with E-state index in [2.05, 4.69) is 0 Å². The number of aliphatic hydroxyl groups is 1. The van der Waals surface area contributed by atoms with Gasteiger partial charge in [-0.15, -0.1) is 0 Å². The van der Waals surface area contributed by atoms with E-state index >= 15 is 0 Å². The number of para-hydroxylation sites is 1. The van der Waals surface area contributed by atoms with Crippen LogP contribution in [0.4, 0.5) is 4.79 Å². The molecule has 2 rings (SSSR count). The summed E-state index contributed by atoms with van der Waals surface area (Å²) in [7, 11) is 0. The highest BCUT2D eigenvalue weighted by Crippen LogP contribution is 2.41. The van der Waals surface area contributed by atoms with Crippen molar-refractivity contribution in [2.24, 2.45) is 0 Å². The number of benzene rings is 1. The maximum absolute atomic E-state index is 11.6. The summed E-state index contributed by atoms with van der Waals surface area (Å²) in [6, 6.07) is 4.55. The molecule has 6 nitrogen and oxygen atoms in total. The summed E-state index contributed by atoms with van der Waals surface area (Å²) >= 11 is 0. The van der Waals surface area contributed by atoms with Crippen LogP contribution in [-0.4, -0.2) is 40.1 Å². The number of amides is 1. The van der Waals surface area contributed by atoms with Crippen molar-refractivity contribution in [3.8, 4) is 11.5 Å². The lowest BCUT2D eigenvalue weighted by Gasteiger charge is -2.39. The van der Waals surface area contributed by atoms with Crippen molar-refractivity contribution in [3.63, 3.8) is 0 Å². The van der Waals surface area contributed by atoms with Crippen LogP contribution in [0, 0.1) is 0 Å². The molecular weight excluding hydrogens is 262 g/mol. The van der Waals surface area contributed by atoms with E-state index in [1.165, 1.54) is 4.90 Å². The smallest absolute Gasteiger partial charge is 0.408 e. The molecule has 1 unspecified atom stereocenters. The van der Waals surface area contributed by atoms with Gasteiger partial charge >= 0.3 is 6.09 Å². The first-order chi connectivity index (χ1) is 9.36. The van der Waals surface area contributed by atoms with Crippen molar-refractivity contribution in [1.82, 2.24) is 4.90 Å². The Bertz CT molecular complexity index is 509.